The summed E-state index contributed by atoms with van der Waals surface area (Å²) in [5.74, 6) is -0.745. The van der Waals surface area contributed by atoms with E-state index in [4.69, 9.17) is 10.8 Å². The van der Waals surface area contributed by atoms with Crippen LogP contribution in [-0.4, -0.2) is 28.1 Å². The molecule has 0 spiro atoms. The normalized spacial score (nSPS) is 10.1. The largest absolute Gasteiger partial charge is 0.478 e. The minimum Gasteiger partial charge on any atom is -0.478 e. The summed E-state index contributed by atoms with van der Waals surface area (Å²) in [6.45, 7) is 0. The van der Waals surface area contributed by atoms with Crippen LogP contribution in [0.2, 0.25) is 0 Å². The maximum absolute atomic E-state index is 11.2. The van der Waals surface area contributed by atoms with Gasteiger partial charge in [-0.3, -0.25) is 4.98 Å². The number of anilines is 3. The van der Waals surface area contributed by atoms with Crippen LogP contribution in [0.5, 0.6) is 0 Å². The number of nitrogen functional groups attached to an aromatic ring is 1. The van der Waals surface area contributed by atoms with Crippen LogP contribution in [0.15, 0.2) is 36.8 Å². The quantitative estimate of drug-likeness (QED) is 0.850. The zero-order chi connectivity index (χ0) is 13.1. The molecule has 18 heavy (non-hydrogen) atoms. The van der Waals surface area contributed by atoms with E-state index in [1.165, 1.54) is 12.3 Å². The second-order valence-corrected chi connectivity index (χ2v) is 3.72. The van der Waals surface area contributed by atoms with E-state index in [1.807, 2.05) is 6.07 Å². The van der Waals surface area contributed by atoms with Crippen molar-refractivity contribution >= 4 is 23.2 Å². The summed E-state index contributed by atoms with van der Waals surface area (Å²) in [5.41, 5.74) is 6.67. The number of aromatic carboxylic acids is 1. The van der Waals surface area contributed by atoms with Crippen LogP contribution < -0.4 is 10.6 Å². The highest BCUT2D eigenvalue weighted by Crippen LogP contribution is 2.25. The van der Waals surface area contributed by atoms with Gasteiger partial charge in [-0.2, -0.15) is 0 Å². The van der Waals surface area contributed by atoms with Crippen molar-refractivity contribution in [1.82, 2.24) is 9.97 Å². The first-order valence-electron chi connectivity index (χ1n) is 5.22. The van der Waals surface area contributed by atoms with Crippen molar-refractivity contribution in [2.75, 3.05) is 17.7 Å². The Kier molecular flexibility index (Phi) is 3.09. The lowest BCUT2D eigenvalue weighted by atomic mass is 10.2. The molecule has 0 bridgehead atoms. The summed E-state index contributed by atoms with van der Waals surface area (Å²) in [6, 6.07) is 4.97. The van der Waals surface area contributed by atoms with Gasteiger partial charge in [-0.25, -0.2) is 9.78 Å². The molecule has 0 fully saturated rings. The van der Waals surface area contributed by atoms with E-state index in [2.05, 4.69) is 9.97 Å². The Hall–Kier alpha value is -2.63. The Bertz CT molecular complexity index is 572. The highest BCUT2D eigenvalue weighted by molar-refractivity contribution is 5.95. The topological polar surface area (TPSA) is 92.3 Å². The van der Waals surface area contributed by atoms with Crippen molar-refractivity contribution in [3.05, 3.63) is 42.4 Å². The first-order valence-corrected chi connectivity index (χ1v) is 5.22. The predicted octanol–water partition coefficient (Wildman–Crippen LogP) is 1.52. The van der Waals surface area contributed by atoms with E-state index in [0.717, 1.165) is 5.69 Å². The molecular formula is C12H12N4O2. The van der Waals surface area contributed by atoms with E-state index < -0.39 is 5.97 Å². The van der Waals surface area contributed by atoms with E-state index in [1.54, 1.807) is 30.4 Å². The summed E-state index contributed by atoms with van der Waals surface area (Å²) in [6.07, 6.45) is 4.70. The van der Waals surface area contributed by atoms with Gasteiger partial charge in [-0.1, -0.05) is 0 Å². The zero-order valence-corrected chi connectivity index (χ0v) is 9.74. The Balaban J connectivity index is 2.48. The molecule has 3 N–H and O–H groups in total. The van der Waals surface area contributed by atoms with Gasteiger partial charge in [-0.05, 0) is 18.2 Å². The Labute approximate surface area is 104 Å². The van der Waals surface area contributed by atoms with Crippen molar-refractivity contribution in [2.45, 2.75) is 0 Å². The van der Waals surface area contributed by atoms with Gasteiger partial charge in [0.2, 0.25) is 0 Å². The lowest BCUT2D eigenvalue weighted by Crippen LogP contribution is -2.16. The van der Waals surface area contributed by atoms with Gasteiger partial charge in [-0.15, -0.1) is 0 Å². The fraction of sp³-hybridized carbons (Fsp3) is 0.0833. The molecule has 0 radical (unpaired) electrons. The van der Waals surface area contributed by atoms with Crippen molar-refractivity contribution in [3.8, 4) is 0 Å². The number of carboxylic acids is 1. The van der Waals surface area contributed by atoms with E-state index in [-0.39, 0.29) is 5.56 Å². The maximum atomic E-state index is 11.2. The second-order valence-electron chi connectivity index (χ2n) is 3.72. The zero-order valence-electron chi connectivity index (χ0n) is 9.74. The molecule has 0 saturated heterocycles. The highest BCUT2D eigenvalue weighted by atomic mass is 16.4. The van der Waals surface area contributed by atoms with Crippen LogP contribution in [0, 0.1) is 0 Å². The molecule has 0 aliphatic heterocycles. The summed E-state index contributed by atoms with van der Waals surface area (Å²) >= 11 is 0. The average molecular weight is 244 g/mol. The van der Waals surface area contributed by atoms with Crippen LogP contribution in [0.1, 0.15) is 10.4 Å². The first kappa shape index (κ1) is 11.8. The van der Waals surface area contributed by atoms with Gasteiger partial charge < -0.3 is 15.7 Å². The molecule has 92 valence electrons. The molecule has 2 heterocycles. The number of carboxylic acid groups (broad SMARTS) is 1. The number of hydrogen-bond donors (Lipinski definition) is 2. The summed E-state index contributed by atoms with van der Waals surface area (Å²) < 4.78 is 0. The van der Waals surface area contributed by atoms with Crippen LogP contribution in [0.3, 0.4) is 0 Å². The van der Waals surface area contributed by atoms with E-state index in [9.17, 15) is 4.79 Å². The van der Waals surface area contributed by atoms with Crippen LogP contribution in [0.4, 0.5) is 17.2 Å². The van der Waals surface area contributed by atoms with E-state index >= 15 is 0 Å². The number of hydrogen-bond acceptors (Lipinski definition) is 5. The van der Waals surface area contributed by atoms with Crippen molar-refractivity contribution in [1.29, 1.82) is 0 Å². The molecule has 2 rings (SSSR count). The number of nitrogens with zero attached hydrogens (tertiary/aromatic N) is 3. The van der Waals surface area contributed by atoms with Gasteiger partial charge in [0.1, 0.15) is 11.4 Å². The van der Waals surface area contributed by atoms with Gasteiger partial charge >= 0.3 is 5.97 Å². The van der Waals surface area contributed by atoms with Crippen molar-refractivity contribution in [2.24, 2.45) is 0 Å². The molecule has 0 aliphatic rings. The fourth-order valence-electron chi connectivity index (χ4n) is 1.57. The van der Waals surface area contributed by atoms with Gasteiger partial charge in [0, 0.05) is 13.2 Å². The average Bonchev–Trinajstić information content (AvgIpc) is 2.39. The smallest absolute Gasteiger partial charge is 0.339 e. The molecule has 0 amide bonds. The molecule has 0 saturated carbocycles. The molecule has 2 aromatic heterocycles. The number of aromatic nitrogens is 2. The fourth-order valence-corrected chi connectivity index (χ4v) is 1.57. The van der Waals surface area contributed by atoms with E-state index in [0.29, 0.717) is 11.5 Å². The Morgan fingerprint density at radius 1 is 1.44 bits per heavy atom. The molecule has 0 atom stereocenters. The predicted molar refractivity (Wildman–Crippen MR) is 67.9 cm³/mol. The van der Waals surface area contributed by atoms with Crippen molar-refractivity contribution in [3.63, 3.8) is 0 Å². The number of rotatable bonds is 3. The minimum absolute atomic E-state index is 0.0568. The molecular weight excluding hydrogens is 232 g/mol. The van der Waals surface area contributed by atoms with Gasteiger partial charge in [0.05, 0.1) is 23.8 Å². The number of pyridine rings is 2. The number of nitrogens with two attached hydrogens (primary N) is 1. The highest BCUT2D eigenvalue weighted by Gasteiger charge is 2.16. The molecule has 6 heteroatoms. The third kappa shape index (κ3) is 2.22. The molecule has 0 unspecified atom stereocenters. The molecule has 2 aromatic rings. The second kappa shape index (κ2) is 4.70. The lowest BCUT2D eigenvalue weighted by Gasteiger charge is -2.19. The van der Waals surface area contributed by atoms with Crippen LogP contribution >= 0.6 is 0 Å². The molecule has 6 nitrogen and oxygen atoms in total. The Morgan fingerprint density at radius 3 is 2.83 bits per heavy atom. The third-order valence-corrected chi connectivity index (χ3v) is 2.47. The lowest BCUT2D eigenvalue weighted by molar-refractivity contribution is 0.0697. The summed E-state index contributed by atoms with van der Waals surface area (Å²) in [7, 11) is 1.72. The Morgan fingerprint density at radius 2 is 2.22 bits per heavy atom. The van der Waals surface area contributed by atoms with Crippen LogP contribution in [0.25, 0.3) is 0 Å². The minimum atomic E-state index is -1.07. The van der Waals surface area contributed by atoms with Gasteiger partial charge in [0.25, 0.3) is 0 Å². The number of carbonyl (C=O) groups is 1. The summed E-state index contributed by atoms with van der Waals surface area (Å²) in [4.78, 5) is 20.9. The first-order chi connectivity index (χ1) is 8.59. The van der Waals surface area contributed by atoms with Gasteiger partial charge in [0.15, 0.2) is 0 Å². The summed E-state index contributed by atoms with van der Waals surface area (Å²) in [5, 5.41) is 9.15. The van der Waals surface area contributed by atoms with Crippen LogP contribution in [-0.2, 0) is 0 Å². The van der Waals surface area contributed by atoms with Crippen molar-refractivity contribution < 1.29 is 9.90 Å². The SMILES string of the molecule is CN(c1cccnc1)c1ncc(N)cc1C(=O)O. The maximum Gasteiger partial charge on any atom is 0.339 e. The monoisotopic (exact) mass is 244 g/mol. The molecule has 0 aromatic carbocycles. The molecule has 0 aliphatic carbocycles. The third-order valence-electron chi connectivity index (χ3n) is 2.47. The standard InChI is InChI=1S/C12H12N4O2/c1-16(9-3-2-4-14-7-9)11-10(12(17)18)5-8(13)6-15-11/h2-7H,13H2,1H3,(H,17,18).